The molecule has 25 heavy (non-hydrogen) atoms. The number of benzene rings is 1. The second kappa shape index (κ2) is 5.51. The van der Waals surface area contributed by atoms with Gasteiger partial charge in [-0.1, -0.05) is 18.2 Å². The van der Waals surface area contributed by atoms with Gasteiger partial charge in [0.25, 0.3) is 0 Å². The molecule has 2 aliphatic rings. The van der Waals surface area contributed by atoms with Crippen molar-refractivity contribution in [2.45, 2.75) is 6.42 Å². The Balaban J connectivity index is 1.72. The van der Waals surface area contributed by atoms with E-state index in [0.29, 0.717) is 31.9 Å². The highest BCUT2D eigenvalue weighted by Crippen LogP contribution is 2.45. The first-order valence-electron chi connectivity index (χ1n) is 8.07. The summed E-state index contributed by atoms with van der Waals surface area (Å²) in [5, 5.41) is 10.1. The molecule has 0 unspecified atom stereocenters. The summed E-state index contributed by atoms with van der Waals surface area (Å²) in [6.07, 6.45) is 0.412. The summed E-state index contributed by atoms with van der Waals surface area (Å²) in [6.45, 7) is 1.17. The van der Waals surface area contributed by atoms with Crippen LogP contribution in [-0.4, -0.2) is 40.7 Å². The molecule has 2 atom stereocenters. The molecule has 2 aliphatic heterocycles. The number of ether oxygens (including phenoxy) is 1. The Hall–Kier alpha value is -3.03. The van der Waals surface area contributed by atoms with Crippen LogP contribution in [0.15, 0.2) is 30.3 Å². The fourth-order valence-corrected chi connectivity index (χ4v) is 3.83. The van der Waals surface area contributed by atoms with Gasteiger partial charge in [-0.15, -0.1) is 0 Å². The maximum absolute atomic E-state index is 12.3. The van der Waals surface area contributed by atoms with Crippen LogP contribution in [0.2, 0.25) is 0 Å². The number of nitrogens with two attached hydrogens (primary N) is 2. The number of carbonyl (C=O) groups is 1. The smallest absolute Gasteiger partial charge is 0.312 e. The van der Waals surface area contributed by atoms with Crippen LogP contribution in [0, 0.1) is 11.3 Å². The van der Waals surface area contributed by atoms with Gasteiger partial charge >= 0.3 is 5.97 Å². The Bertz CT molecular complexity index is 823. The van der Waals surface area contributed by atoms with E-state index in [-0.39, 0.29) is 17.7 Å². The molecule has 3 heterocycles. The van der Waals surface area contributed by atoms with Gasteiger partial charge in [0, 0.05) is 25.1 Å². The summed E-state index contributed by atoms with van der Waals surface area (Å²) in [4.78, 5) is 22.3. The van der Waals surface area contributed by atoms with E-state index < -0.39 is 11.4 Å². The number of carboxylic acid groups (broad SMARTS) is 1. The summed E-state index contributed by atoms with van der Waals surface area (Å²) in [7, 11) is 0. The lowest BCUT2D eigenvalue weighted by Crippen LogP contribution is -2.42. The number of nitrogen functional groups attached to an aromatic ring is 2. The van der Waals surface area contributed by atoms with Gasteiger partial charge in [-0.3, -0.25) is 4.79 Å². The minimum Gasteiger partial charge on any atom is -0.493 e. The molecule has 2 aromatic rings. The van der Waals surface area contributed by atoms with E-state index in [1.165, 1.54) is 0 Å². The van der Waals surface area contributed by atoms with Crippen LogP contribution in [0.4, 0.5) is 17.6 Å². The SMILES string of the molecule is Nc1cc(N2C[C@@H]3COc4ccccc4C[C@]3(C(=O)O)C2)nc(N)n1. The molecule has 0 radical (unpaired) electrons. The van der Waals surface area contributed by atoms with Crippen molar-refractivity contribution in [2.24, 2.45) is 11.3 Å². The average molecular weight is 341 g/mol. The molecule has 8 heteroatoms. The lowest BCUT2D eigenvalue weighted by Gasteiger charge is -2.27. The fourth-order valence-electron chi connectivity index (χ4n) is 3.83. The van der Waals surface area contributed by atoms with Crippen molar-refractivity contribution >= 4 is 23.6 Å². The number of hydrogen-bond donors (Lipinski definition) is 3. The van der Waals surface area contributed by atoms with Crippen LogP contribution in [0.5, 0.6) is 5.75 Å². The summed E-state index contributed by atoms with van der Waals surface area (Å²) < 4.78 is 5.90. The van der Waals surface area contributed by atoms with Gasteiger partial charge in [0.05, 0.1) is 12.0 Å². The van der Waals surface area contributed by atoms with E-state index in [2.05, 4.69) is 9.97 Å². The van der Waals surface area contributed by atoms with Crippen molar-refractivity contribution < 1.29 is 14.6 Å². The number of aromatic nitrogens is 2. The number of hydrogen-bond acceptors (Lipinski definition) is 7. The lowest BCUT2D eigenvalue weighted by atomic mass is 9.74. The average Bonchev–Trinajstić information content (AvgIpc) is 2.85. The minimum atomic E-state index is -0.943. The quantitative estimate of drug-likeness (QED) is 0.731. The third-order valence-corrected chi connectivity index (χ3v) is 5.11. The van der Waals surface area contributed by atoms with Crippen LogP contribution in [0.3, 0.4) is 0 Å². The van der Waals surface area contributed by atoms with Crippen LogP contribution in [-0.2, 0) is 11.2 Å². The first-order chi connectivity index (χ1) is 12.0. The number of rotatable bonds is 2. The maximum Gasteiger partial charge on any atom is 0.312 e. The van der Waals surface area contributed by atoms with Crippen molar-refractivity contribution in [1.82, 2.24) is 9.97 Å². The first kappa shape index (κ1) is 15.5. The fraction of sp³-hybridized carbons (Fsp3) is 0.353. The summed E-state index contributed by atoms with van der Waals surface area (Å²) in [6, 6.07) is 9.22. The van der Waals surface area contributed by atoms with Gasteiger partial charge in [-0.05, 0) is 18.1 Å². The number of anilines is 3. The van der Waals surface area contributed by atoms with Crippen LogP contribution < -0.4 is 21.1 Å². The Morgan fingerprint density at radius 3 is 2.88 bits per heavy atom. The van der Waals surface area contributed by atoms with Crippen LogP contribution >= 0.6 is 0 Å². The molecule has 0 saturated carbocycles. The second-order valence-electron chi connectivity index (χ2n) is 6.64. The lowest BCUT2D eigenvalue weighted by molar-refractivity contribution is -0.150. The Morgan fingerprint density at radius 2 is 2.12 bits per heavy atom. The maximum atomic E-state index is 12.3. The van der Waals surface area contributed by atoms with Gasteiger partial charge in [0.2, 0.25) is 5.95 Å². The molecule has 0 aliphatic carbocycles. The predicted octanol–water partition coefficient (Wildman–Crippen LogP) is 0.783. The third-order valence-electron chi connectivity index (χ3n) is 5.11. The number of carboxylic acids is 1. The van der Waals surface area contributed by atoms with E-state index in [1.807, 2.05) is 29.2 Å². The standard InChI is InChI=1S/C17H19N5O3/c18-13-5-14(21-16(19)20-13)22-7-11-8-25-12-4-2-1-3-10(12)6-17(11,9-22)15(23)24/h1-5,11H,6-9H2,(H,23,24)(H4,18,19,20,21)/t11-,17+/m1/s1. The number of para-hydroxylation sites is 1. The largest absolute Gasteiger partial charge is 0.493 e. The van der Waals surface area contributed by atoms with Crippen molar-refractivity contribution in [2.75, 3.05) is 36.1 Å². The zero-order valence-corrected chi connectivity index (χ0v) is 13.6. The van der Waals surface area contributed by atoms with E-state index in [1.54, 1.807) is 6.07 Å². The van der Waals surface area contributed by atoms with Crippen LogP contribution in [0.25, 0.3) is 0 Å². The molecule has 1 saturated heterocycles. The number of fused-ring (bicyclic) bond motifs is 2. The number of nitrogens with zero attached hydrogens (tertiary/aromatic N) is 3. The summed E-state index contributed by atoms with van der Waals surface area (Å²) in [5.41, 5.74) is 11.4. The predicted molar refractivity (Wildman–Crippen MR) is 92.3 cm³/mol. The molecular formula is C17H19N5O3. The molecule has 1 aromatic heterocycles. The zero-order valence-electron chi connectivity index (χ0n) is 13.6. The Labute approximate surface area is 144 Å². The van der Waals surface area contributed by atoms with Gasteiger partial charge in [0.15, 0.2) is 0 Å². The van der Waals surface area contributed by atoms with Crippen molar-refractivity contribution in [1.29, 1.82) is 0 Å². The molecule has 130 valence electrons. The highest BCUT2D eigenvalue weighted by Gasteiger charge is 2.54. The minimum absolute atomic E-state index is 0.0769. The molecule has 4 rings (SSSR count). The normalized spacial score (nSPS) is 24.8. The molecule has 5 N–H and O–H groups in total. The van der Waals surface area contributed by atoms with Crippen molar-refractivity contribution in [3.8, 4) is 5.75 Å². The second-order valence-corrected chi connectivity index (χ2v) is 6.64. The van der Waals surface area contributed by atoms with Gasteiger partial charge in [0.1, 0.15) is 17.4 Å². The molecule has 0 amide bonds. The summed E-state index contributed by atoms with van der Waals surface area (Å²) in [5.74, 6) is 0.658. The molecule has 0 spiro atoms. The van der Waals surface area contributed by atoms with E-state index in [4.69, 9.17) is 16.2 Å². The molecule has 1 aromatic carbocycles. The third kappa shape index (κ3) is 2.50. The van der Waals surface area contributed by atoms with Gasteiger partial charge in [-0.25, -0.2) is 0 Å². The highest BCUT2D eigenvalue weighted by molar-refractivity contribution is 5.78. The molecule has 8 nitrogen and oxygen atoms in total. The highest BCUT2D eigenvalue weighted by atomic mass is 16.5. The van der Waals surface area contributed by atoms with Crippen molar-refractivity contribution in [3.05, 3.63) is 35.9 Å². The Morgan fingerprint density at radius 1 is 1.32 bits per heavy atom. The molecular weight excluding hydrogens is 322 g/mol. The number of aliphatic carboxylic acids is 1. The molecule has 1 fully saturated rings. The van der Waals surface area contributed by atoms with Crippen LogP contribution in [0.1, 0.15) is 5.56 Å². The van der Waals surface area contributed by atoms with Gasteiger partial charge < -0.3 is 26.2 Å². The zero-order chi connectivity index (χ0) is 17.6. The van der Waals surface area contributed by atoms with E-state index in [0.717, 1.165) is 11.3 Å². The van der Waals surface area contributed by atoms with E-state index >= 15 is 0 Å². The monoisotopic (exact) mass is 341 g/mol. The first-order valence-corrected chi connectivity index (χ1v) is 8.07. The van der Waals surface area contributed by atoms with Gasteiger partial charge in [-0.2, -0.15) is 9.97 Å². The summed E-state index contributed by atoms with van der Waals surface area (Å²) >= 11 is 0. The molecule has 0 bridgehead atoms. The van der Waals surface area contributed by atoms with Crippen molar-refractivity contribution in [3.63, 3.8) is 0 Å². The topological polar surface area (TPSA) is 128 Å². The van der Waals surface area contributed by atoms with E-state index in [9.17, 15) is 9.90 Å². The Kier molecular flexibility index (Phi) is 3.41.